The maximum absolute atomic E-state index is 12.5. The lowest BCUT2D eigenvalue weighted by Gasteiger charge is -2.15. The summed E-state index contributed by atoms with van der Waals surface area (Å²) in [4.78, 5) is 25.6. The molecule has 0 unspecified atom stereocenters. The number of amides is 2. The number of phenolic OH excluding ortho intramolecular Hbond substituents is 1. The molecular weight excluding hydrogens is 358 g/mol. The number of hydrogen-bond acceptors (Lipinski definition) is 5. The summed E-state index contributed by atoms with van der Waals surface area (Å²) in [5.74, 6) is -1.34. The Balaban J connectivity index is 1.86. The van der Waals surface area contributed by atoms with Gasteiger partial charge < -0.3 is 5.11 Å². The Kier molecular flexibility index (Phi) is 3.36. The lowest BCUT2D eigenvalue weighted by Crippen LogP contribution is -2.29. The fourth-order valence-electron chi connectivity index (χ4n) is 3.01. The van der Waals surface area contributed by atoms with Gasteiger partial charge in [0.25, 0.3) is 21.9 Å². The normalized spacial score (nSPS) is 14.1. The SMILES string of the molecule is O=C1c2ccccc2C(=O)N1c1ccc2cc(S(=O)(=O)O)cc(O)c2c1. The zero-order valence-electron chi connectivity index (χ0n) is 13.1. The molecule has 0 saturated heterocycles. The molecule has 8 heteroatoms. The average Bonchev–Trinajstić information content (AvgIpc) is 2.85. The van der Waals surface area contributed by atoms with E-state index in [2.05, 4.69) is 0 Å². The predicted molar refractivity (Wildman–Crippen MR) is 93.0 cm³/mol. The van der Waals surface area contributed by atoms with Crippen molar-refractivity contribution in [2.75, 3.05) is 4.90 Å². The zero-order valence-corrected chi connectivity index (χ0v) is 13.9. The van der Waals surface area contributed by atoms with Gasteiger partial charge in [0.2, 0.25) is 0 Å². The molecule has 0 radical (unpaired) electrons. The Morgan fingerprint density at radius 1 is 0.846 bits per heavy atom. The molecule has 130 valence electrons. The topological polar surface area (TPSA) is 112 Å². The third kappa shape index (κ3) is 2.35. The summed E-state index contributed by atoms with van der Waals surface area (Å²) in [6.07, 6.45) is 0. The number of fused-ring (bicyclic) bond motifs is 2. The van der Waals surface area contributed by atoms with Crippen molar-refractivity contribution in [3.8, 4) is 5.75 Å². The average molecular weight is 369 g/mol. The van der Waals surface area contributed by atoms with Gasteiger partial charge in [-0.2, -0.15) is 8.42 Å². The number of hydrogen-bond donors (Lipinski definition) is 2. The van der Waals surface area contributed by atoms with Crippen molar-refractivity contribution in [1.82, 2.24) is 0 Å². The van der Waals surface area contributed by atoms with E-state index in [4.69, 9.17) is 4.55 Å². The van der Waals surface area contributed by atoms with Gasteiger partial charge in [-0.1, -0.05) is 18.2 Å². The molecule has 0 spiro atoms. The summed E-state index contributed by atoms with van der Waals surface area (Å²) >= 11 is 0. The second kappa shape index (κ2) is 5.38. The van der Waals surface area contributed by atoms with E-state index in [1.807, 2.05) is 0 Å². The Morgan fingerprint density at radius 2 is 1.46 bits per heavy atom. The number of imide groups is 1. The molecule has 1 aliphatic rings. The van der Waals surface area contributed by atoms with E-state index in [-0.39, 0.29) is 11.1 Å². The van der Waals surface area contributed by atoms with Crippen molar-refractivity contribution in [2.24, 2.45) is 0 Å². The minimum absolute atomic E-state index is 0.242. The minimum atomic E-state index is -4.48. The van der Waals surface area contributed by atoms with Crippen molar-refractivity contribution in [2.45, 2.75) is 4.90 Å². The molecule has 0 aliphatic carbocycles. The van der Waals surface area contributed by atoms with E-state index < -0.39 is 32.6 Å². The van der Waals surface area contributed by atoms with Crippen molar-refractivity contribution in [3.05, 3.63) is 65.7 Å². The van der Waals surface area contributed by atoms with E-state index in [0.29, 0.717) is 16.5 Å². The van der Waals surface area contributed by atoms with Crippen LogP contribution in [0.15, 0.2) is 59.5 Å². The lowest BCUT2D eigenvalue weighted by atomic mass is 10.1. The van der Waals surface area contributed by atoms with Gasteiger partial charge in [0.05, 0.1) is 21.7 Å². The van der Waals surface area contributed by atoms with Crippen molar-refractivity contribution < 1.29 is 27.7 Å². The van der Waals surface area contributed by atoms with E-state index in [1.54, 1.807) is 24.3 Å². The van der Waals surface area contributed by atoms with Crippen molar-refractivity contribution in [1.29, 1.82) is 0 Å². The highest BCUT2D eigenvalue weighted by molar-refractivity contribution is 7.85. The highest BCUT2D eigenvalue weighted by Crippen LogP contribution is 2.34. The number of carbonyl (C=O) groups excluding carboxylic acids is 2. The van der Waals surface area contributed by atoms with Crippen LogP contribution in [0.4, 0.5) is 5.69 Å². The van der Waals surface area contributed by atoms with Crippen LogP contribution in [0.25, 0.3) is 10.8 Å². The molecule has 2 N–H and O–H groups in total. The summed E-state index contributed by atoms with van der Waals surface area (Å²) in [6, 6.07) is 12.9. The molecule has 0 atom stereocenters. The van der Waals surface area contributed by atoms with Gasteiger partial charge in [-0.15, -0.1) is 0 Å². The van der Waals surface area contributed by atoms with Gasteiger partial charge >= 0.3 is 0 Å². The van der Waals surface area contributed by atoms with Crippen LogP contribution in [0.3, 0.4) is 0 Å². The minimum Gasteiger partial charge on any atom is -0.507 e. The second-order valence-corrected chi connectivity index (χ2v) is 7.24. The maximum Gasteiger partial charge on any atom is 0.294 e. The summed E-state index contributed by atoms with van der Waals surface area (Å²) in [6.45, 7) is 0. The predicted octanol–water partition coefficient (Wildman–Crippen LogP) is 2.59. The van der Waals surface area contributed by atoms with Crippen LogP contribution < -0.4 is 4.90 Å². The molecule has 3 aromatic rings. The number of rotatable bonds is 2. The fourth-order valence-corrected chi connectivity index (χ4v) is 3.55. The van der Waals surface area contributed by atoms with Crippen LogP contribution in [0.5, 0.6) is 5.75 Å². The Hall–Kier alpha value is -3.23. The number of anilines is 1. The van der Waals surface area contributed by atoms with Crippen molar-refractivity contribution >= 4 is 38.4 Å². The summed E-state index contributed by atoms with van der Waals surface area (Å²) in [5, 5.41) is 10.7. The first-order valence-corrected chi connectivity index (χ1v) is 8.93. The second-order valence-electron chi connectivity index (χ2n) is 5.81. The van der Waals surface area contributed by atoms with E-state index in [0.717, 1.165) is 11.0 Å². The smallest absolute Gasteiger partial charge is 0.294 e. The molecule has 0 bridgehead atoms. The summed E-state index contributed by atoms with van der Waals surface area (Å²) < 4.78 is 31.7. The third-order valence-corrected chi connectivity index (χ3v) is 5.07. The monoisotopic (exact) mass is 369 g/mol. The fraction of sp³-hybridized carbons (Fsp3) is 0. The van der Waals surface area contributed by atoms with Crippen LogP contribution in [0.1, 0.15) is 20.7 Å². The van der Waals surface area contributed by atoms with Crippen LogP contribution in [0.2, 0.25) is 0 Å². The molecule has 4 rings (SSSR count). The van der Waals surface area contributed by atoms with E-state index >= 15 is 0 Å². The molecule has 7 nitrogen and oxygen atoms in total. The Bertz CT molecular complexity index is 1180. The number of nitrogens with zero attached hydrogens (tertiary/aromatic N) is 1. The first kappa shape index (κ1) is 16.2. The number of benzene rings is 3. The largest absolute Gasteiger partial charge is 0.507 e. The van der Waals surface area contributed by atoms with Crippen LogP contribution >= 0.6 is 0 Å². The van der Waals surface area contributed by atoms with Gasteiger partial charge in [0.15, 0.2) is 0 Å². The summed E-state index contributed by atoms with van der Waals surface area (Å²) in [7, 11) is -4.48. The Labute approximate surface area is 147 Å². The molecule has 1 aliphatic heterocycles. The van der Waals surface area contributed by atoms with E-state index in [1.165, 1.54) is 24.3 Å². The van der Waals surface area contributed by atoms with Crippen LogP contribution in [-0.2, 0) is 10.1 Å². The molecule has 1 heterocycles. The summed E-state index contributed by atoms with van der Waals surface area (Å²) in [5.41, 5.74) is 0.839. The van der Waals surface area contributed by atoms with Crippen molar-refractivity contribution in [3.63, 3.8) is 0 Å². The number of carbonyl (C=O) groups is 2. The number of phenols is 1. The van der Waals surface area contributed by atoms with Crippen LogP contribution in [0, 0.1) is 0 Å². The highest BCUT2D eigenvalue weighted by atomic mass is 32.2. The highest BCUT2D eigenvalue weighted by Gasteiger charge is 2.36. The lowest BCUT2D eigenvalue weighted by molar-refractivity contribution is 0.0926. The molecule has 0 fully saturated rings. The van der Waals surface area contributed by atoms with E-state index in [9.17, 15) is 23.1 Å². The van der Waals surface area contributed by atoms with Gasteiger partial charge in [-0.25, -0.2) is 4.90 Å². The molecular formula is C18H11NO6S. The molecule has 2 amide bonds. The van der Waals surface area contributed by atoms with Gasteiger partial charge in [0.1, 0.15) is 5.75 Å². The quantitative estimate of drug-likeness (QED) is 0.530. The first-order chi connectivity index (χ1) is 12.3. The molecule has 0 aromatic heterocycles. The maximum atomic E-state index is 12.5. The standard InChI is InChI=1S/C18H11NO6S/c20-16-9-12(26(23,24)25)7-10-5-6-11(8-15(10)16)19-17(21)13-3-1-2-4-14(13)18(19)22/h1-9,20H,(H,23,24,25). The Morgan fingerprint density at radius 3 is 2.04 bits per heavy atom. The number of aromatic hydroxyl groups is 1. The van der Waals surface area contributed by atoms with Gasteiger partial charge in [0, 0.05) is 11.5 Å². The third-order valence-electron chi connectivity index (χ3n) is 4.24. The van der Waals surface area contributed by atoms with Gasteiger partial charge in [-0.05, 0) is 35.7 Å². The molecule has 26 heavy (non-hydrogen) atoms. The first-order valence-electron chi connectivity index (χ1n) is 7.49. The van der Waals surface area contributed by atoms with Gasteiger partial charge in [-0.3, -0.25) is 14.1 Å². The molecule has 3 aromatic carbocycles. The molecule has 0 saturated carbocycles. The van der Waals surface area contributed by atoms with Crippen LogP contribution in [-0.4, -0.2) is 29.9 Å². The zero-order chi connectivity index (χ0) is 18.6.